The van der Waals surface area contributed by atoms with Gasteiger partial charge in [-0.25, -0.2) is 4.79 Å². The Morgan fingerprint density at radius 2 is 1.96 bits per heavy atom. The van der Waals surface area contributed by atoms with Crippen LogP contribution in [0.5, 0.6) is 0 Å². The van der Waals surface area contributed by atoms with Gasteiger partial charge in [0.15, 0.2) is 0 Å². The second-order valence-electron chi connectivity index (χ2n) is 8.64. The van der Waals surface area contributed by atoms with E-state index >= 15 is 0 Å². The highest BCUT2D eigenvalue weighted by Crippen LogP contribution is 2.39. The van der Waals surface area contributed by atoms with Gasteiger partial charge in [0.2, 0.25) is 0 Å². The predicted octanol–water partition coefficient (Wildman–Crippen LogP) is 3.55. The minimum absolute atomic E-state index is 0.169. The quantitative estimate of drug-likeness (QED) is 0.809. The maximum absolute atomic E-state index is 12.4. The molecule has 144 valence electrons. The number of nitrogens with zero attached hydrogens (tertiary/aromatic N) is 2. The molecule has 1 aromatic rings. The third-order valence-corrected chi connectivity index (χ3v) is 5.38. The van der Waals surface area contributed by atoms with E-state index in [0.29, 0.717) is 13.1 Å². The molecule has 5 heteroatoms. The van der Waals surface area contributed by atoms with Crippen molar-refractivity contribution in [3.05, 3.63) is 34.9 Å². The van der Waals surface area contributed by atoms with Crippen molar-refractivity contribution in [3.8, 4) is 0 Å². The van der Waals surface area contributed by atoms with E-state index in [1.807, 2.05) is 25.7 Å². The Morgan fingerprint density at radius 3 is 2.58 bits per heavy atom. The normalized spacial score (nSPS) is 26.7. The summed E-state index contributed by atoms with van der Waals surface area (Å²) in [6.45, 7) is 12.3. The van der Waals surface area contributed by atoms with Crippen LogP contribution in [0.4, 0.5) is 4.79 Å². The maximum atomic E-state index is 12.4. The molecule has 1 aliphatic carbocycles. The molecule has 3 rings (SSSR count). The Bertz CT molecular complexity index is 668. The van der Waals surface area contributed by atoms with Gasteiger partial charge in [-0.15, -0.1) is 0 Å². The van der Waals surface area contributed by atoms with E-state index in [4.69, 9.17) is 9.47 Å². The Labute approximate surface area is 157 Å². The number of rotatable bonds is 2. The first-order chi connectivity index (χ1) is 12.2. The van der Waals surface area contributed by atoms with Gasteiger partial charge in [0.05, 0.1) is 12.1 Å². The molecule has 1 aliphatic heterocycles. The lowest BCUT2D eigenvalue weighted by molar-refractivity contribution is -0.0311. The Balaban J connectivity index is 1.74. The molecule has 0 N–H and O–H groups in total. The van der Waals surface area contributed by atoms with Crippen LogP contribution in [-0.4, -0.2) is 60.4 Å². The van der Waals surface area contributed by atoms with E-state index in [9.17, 15) is 4.79 Å². The number of piperazine rings is 1. The molecule has 0 saturated carbocycles. The molecular formula is C21H32N2O3. The zero-order valence-corrected chi connectivity index (χ0v) is 16.9. The van der Waals surface area contributed by atoms with Crippen LogP contribution in [0.25, 0.3) is 0 Å². The van der Waals surface area contributed by atoms with Crippen LogP contribution in [0.1, 0.15) is 50.4 Å². The molecule has 0 radical (unpaired) electrons. The van der Waals surface area contributed by atoms with Gasteiger partial charge < -0.3 is 14.4 Å². The summed E-state index contributed by atoms with van der Waals surface area (Å²) in [6, 6.07) is 7.23. The zero-order chi connectivity index (χ0) is 19.1. The molecule has 1 fully saturated rings. The zero-order valence-electron chi connectivity index (χ0n) is 16.9. The molecule has 5 nitrogen and oxygen atoms in total. The second kappa shape index (κ2) is 7.20. The Kier molecular flexibility index (Phi) is 5.31. The van der Waals surface area contributed by atoms with Crippen LogP contribution in [0.2, 0.25) is 0 Å². The highest BCUT2D eigenvalue weighted by Gasteiger charge is 2.41. The third-order valence-electron chi connectivity index (χ3n) is 5.38. The van der Waals surface area contributed by atoms with Gasteiger partial charge in [0.1, 0.15) is 5.60 Å². The standard InChI is InChI=1S/C21H32N2O3/c1-14-7-8-17-16(11-14)12-18(25-6)19(17)23-10-9-22(13-15(23)2)20(24)26-21(3,4)5/h7-8,11,15,18-19H,9-10,12-13H2,1-6H3/t15-,18?,19?/m0/s1. The lowest BCUT2D eigenvalue weighted by Crippen LogP contribution is -2.56. The molecule has 2 unspecified atom stereocenters. The molecule has 1 saturated heterocycles. The lowest BCUT2D eigenvalue weighted by atomic mass is 10.0. The van der Waals surface area contributed by atoms with E-state index in [-0.39, 0.29) is 24.3 Å². The molecule has 1 amide bonds. The van der Waals surface area contributed by atoms with Crippen LogP contribution in [0.15, 0.2) is 18.2 Å². The van der Waals surface area contributed by atoms with E-state index in [1.54, 1.807) is 7.11 Å². The average Bonchev–Trinajstić information content (AvgIpc) is 2.90. The molecule has 1 heterocycles. The molecular weight excluding hydrogens is 328 g/mol. The highest BCUT2D eigenvalue weighted by atomic mass is 16.6. The average molecular weight is 360 g/mol. The molecule has 2 aliphatic rings. The van der Waals surface area contributed by atoms with Gasteiger partial charge in [-0.2, -0.15) is 0 Å². The summed E-state index contributed by atoms with van der Waals surface area (Å²) in [5.41, 5.74) is 3.60. The molecule has 1 aromatic carbocycles. The summed E-state index contributed by atoms with van der Waals surface area (Å²) in [5, 5.41) is 0. The van der Waals surface area contributed by atoms with Crippen molar-refractivity contribution in [1.82, 2.24) is 9.80 Å². The monoisotopic (exact) mass is 360 g/mol. The molecule has 0 aromatic heterocycles. The fourth-order valence-electron chi connectivity index (χ4n) is 4.21. The summed E-state index contributed by atoms with van der Waals surface area (Å²) >= 11 is 0. The summed E-state index contributed by atoms with van der Waals surface area (Å²) in [6.07, 6.45) is 0.911. The molecule has 26 heavy (non-hydrogen) atoms. The number of ether oxygens (including phenoxy) is 2. The van der Waals surface area contributed by atoms with Gasteiger partial charge in [-0.1, -0.05) is 23.8 Å². The van der Waals surface area contributed by atoms with Crippen molar-refractivity contribution < 1.29 is 14.3 Å². The first-order valence-electron chi connectivity index (χ1n) is 9.55. The number of benzene rings is 1. The van der Waals surface area contributed by atoms with Crippen molar-refractivity contribution in [2.45, 2.75) is 64.8 Å². The molecule has 0 spiro atoms. The van der Waals surface area contributed by atoms with Crippen LogP contribution < -0.4 is 0 Å². The number of fused-ring (bicyclic) bond motifs is 1. The second-order valence-corrected chi connectivity index (χ2v) is 8.64. The number of hydrogen-bond donors (Lipinski definition) is 0. The van der Waals surface area contributed by atoms with Crippen molar-refractivity contribution in [2.24, 2.45) is 0 Å². The van der Waals surface area contributed by atoms with Gasteiger partial charge in [0, 0.05) is 39.2 Å². The van der Waals surface area contributed by atoms with Gasteiger partial charge in [-0.3, -0.25) is 4.90 Å². The minimum atomic E-state index is -0.457. The smallest absolute Gasteiger partial charge is 0.410 e. The Hall–Kier alpha value is -1.59. The first-order valence-corrected chi connectivity index (χ1v) is 9.55. The fraction of sp³-hybridized carbons (Fsp3) is 0.667. The fourth-order valence-corrected chi connectivity index (χ4v) is 4.21. The van der Waals surface area contributed by atoms with Crippen molar-refractivity contribution in [2.75, 3.05) is 26.7 Å². The first kappa shape index (κ1) is 19.2. The van der Waals surface area contributed by atoms with Gasteiger partial charge in [0.25, 0.3) is 0 Å². The largest absolute Gasteiger partial charge is 0.444 e. The highest BCUT2D eigenvalue weighted by molar-refractivity contribution is 5.68. The summed E-state index contributed by atoms with van der Waals surface area (Å²) in [7, 11) is 1.80. The van der Waals surface area contributed by atoms with Crippen molar-refractivity contribution in [3.63, 3.8) is 0 Å². The van der Waals surface area contributed by atoms with Crippen molar-refractivity contribution >= 4 is 6.09 Å². The third kappa shape index (κ3) is 3.89. The predicted molar refractivity (Wildman–Crippen MR) is 102 cm³/mol. The van der Waals surface area contributed by atoms with E-state index in [0.717, 1.165) is 13.0 Å². The minimum Gasteiger partial charge on any atom is -0.444 e. The van der Waals surface area contributed by atoms with Crippen LogP contribution in [-0.2, 0) is 15.9 Å². The number of aryl methyl sites for hydroxylation is 1. The van der Waals surface area contributed by atoms with Crippen LogP contribution >= 0.6 is 0 Å². The topological polar surface area (TPSA) is 42.0 Å². The number of carbonyl (C=O) groups is 1. The summed E-state index contributed by atoms with van der Waals surface area (Å²) in [5.74, 6) is 0. The maximum Gasteiger partial charge on any atom is 0.410 e. The number of methoxy groups -OCH3 is 1. The Morgan fingerprint density at radius 1 is 1.23 bits per heavy atom. The molecule has 0 bridgehead atoms. The van der Waals surface area contributed by atoms with Gasteiger partial charge in [-0.05, 0) is 45.7 Å². The summed E-state index contributed by atoms with van der Waals surface area (Å²) in [4.78, 5) is 16.7. The van der Waals surface area contributed by atoms with Crippen molar-refractivity contribution in [1.29, 1.82) is 0 Å². The van der Waals surface area contributed by atoms with Crippen LogP contribution in [0, 0.1) is 6.92 Å². The lowest BCUT2D eigenvalue weighted by Gasteiger charge is -2.44. The number of amides is 1. The SMILES string of the molecule is COC1Cc2cc(C)ccc2C1N1CCN(C(=O)OC(C)(C)C)C[C@@H]1C. The van der Waals surface area contributed by atoms with E-state index < -0.39 is 5.60 Å². The number of hydrogen-bond acceptors (Lipinski definition) is 4. The molecule has 3 atom stereocenters. The van der Waals surface area contributed by atoms with E-state index in [1.165, 1.54) is 16.7 Å². The van der Waals surface area contributed by atoms with Crippen LogP contribution in [0.3, 0.4) is 0 Å². The van der Waals surface area contributed by atoms with Gasteiger partial charge >= 0.3 is 6.09 Å². The summed E-state index contributed by atoms with van der Waals surface area (Å²) < 4.78 is 11.4. The van der Waals surface area contributed by atoms with E-state index in [2.05, 4.69) is 36.9 Å². The number of carbonyl (C=O) groups excluding carboxylic acids is 1.